The van der Waals surface area contributed by atoms with E-state index in [2.05, 4.69) is 61.7 Å². The Morgan fingerprint density at radius 1 is 0.915 bits per heavy atom. The van der Waals surface area contributed by atoms with Crippen LogP contribution >= 0.6 is 0 Å². The average molecular weight is 632 g/mol. The Kier molecular flexibility index (Phi) is 8.92. The quantitative estimate of drug-likeness (QED) is 0.142. The molecule has 2 atom stereocenters. The highest BCUT2D eigenvalue weighted by Gasteiger charge is 2.29. The van der Waals surface area contributed by atoms with Gasteiger partial charge in [0, 0.05) is 65.2 Å². The summed E-state index contributed by atoms with van der Waals surface area (Å²) in [6, 6.07) is 22.1. The Morgan fingerprint density at radius 2 is 1.66 bits per heavy atom. The zero-order chi connectivity index (χ0) is 32.2. The Labute approximate surface area is 273 Å². The lowest BCUT2D eigenvalue weighted by Crippen LogP contribution is -2.42. The number of aromatic nitrogens is 5. The van der Waals surface area contributed by atoms with Crippen LogP contribution in [0.4, 0.5) is 0 Å². The molecular formula is C37H41N7O3. The third kappa shape index (κ3) is 6.46. The summed E-state index contributed by atoms with van der Waals surface area (Å²) in [5.41, 5.74) is 5.49. The summed E-state index contributed by atoms with van der Waals surface area (Å²) < 4.78 is 13.4. The molecule has 1 amide bonds. The van der Waals surface area contributed by atoms with Crippen LogP contribution in [0.1, 0.15) is 47.2 Å². The molecule has 0 aliphatic carbocycles. The molecule has 7 rings (SSSR count). The van der Waals surface area contributed by atoms with Gasteiger partial charge in [-0.05, 0) is 61.2 Å². The summed E-state index contributed by atoms with van der Waals surface area (Å²) in [7, 11) is 3.32. The fraction of sp³-hybridized carbons (Fsp3) is 0.324. The first-order valence-corrected chi connectivity index (χ1v) is 16.3. The number of aryl methyl sites for hydroxylation is 2. The van der Waals surface area contributed by atoms with E-state index in [1.807, 2.05) is 42.6 Å². The fourth-order valence-corrected chi connectivity index (χ4v) is 6.79. The molecule has 3 aromatic heterocycles. The van der Waals surface area contributed by atoms with Gasteiger partial charge in [-0.1, -0.05) is 36.4 Å². The molecule has 6 aromatic rings. The first kappa shape index (κ1) is 30.6. The number of nitrogens with zero attached hydrogens (tertiary/aromatic N) is 3. The molecule has 0 saturated carbocycles. The second kappa shape index (κ2) is 13.7. The summed E-state index contributed by atoms with van der Waals surface area (Å²) >= 11 is 0. The average Bonchev–Trinajstić information content (AvgIpc) is 3.84. The number of benzene rings is 3. The van der Waals surface area contributed by atoms with E-state index in [1.165, 1.54) is 10.9 Å². The van der Waals surface area contributed by atoms with Crippen LogP contribution in [0.15, 0.2) is 79.1 Å². The Hall–Kier alpha value is -5.09. The van der Waals surface area contributed by atoms with Crippen LogP contribution in [-0.4, -0.2) is 57.9 Å². The number of ether oxygens (including phenoxy) is 2. The van der Waals surface area contributed by atoms with Crippen LogP contribution in [0.25, 0.3) is 21.8 Å². The van der Waals surface area contributed by atoms with Gasteiger partial charge in [0.25, 0.3) is 0 Å². The van der Waals surface area contributed by atoms with Gasteiger partial charge in [-0.3, -0.25) is 4.79 Å². The van der Waals surface area contributed by atoms with Crippen LogP contribution in [-0.2, 0) is 30.6 Å². The zero-order valence-corrected chi connectivity index (χ0v) is 26.9. The largest absolute Gasteiger partial charge is 0.497 e. The van der Waals surface area contributed by atoms with E-state index in [4.69, 9.17) is 19.7 Å². The van der Waals surface area contributed by atoms with E-state index >= 15 is 0 Å². The maximum absolute atomic E-state index is 13.8. The normalized spacial score (nSPS) is 15.6. The van der Waals surface area contributed by atoms with Gasteiger partial charge >= 0.3 is 0 Å². The minimum Gasteiger partial charge on any atom is -0.497 e. The van der Waals surface area contributed by atoms with Crippen molar-refractivity contribution < 1.29 is 14.3 Å². The molecule has 242 valence electrons. The third-order valence-electron chi connectivity index (χ3n) is 9.37. The van der Waals surface area contributed by atoms with Gasteiger partial charge in [0.2, 0.25) is 5.91 Å². The van der Waals surface area contributed by atoms with Crippen molar-refractivity contribution in [1.82, 2.24) is 35.4 Å². The van der Waals surface area contributed by atoms with E-state index in [9.17, 15) is 4.79 Å². The van der Waals surface area contributed by atoms with Crippen LogP contribution in [0.5, 0.6) is 11.5 Å². The number of aromatic amines is 2. The number of carbonyl (C=O) groups is 1. The summed E-state index contributed by atoms with van der Waals surface area (Å²) in [4.78, 5) is 20.6. The molecule has 1 saturated heterocycles. The van der Waals surface area contributed by atoms with Crippen molar-refractivity contribution in [2.24, 2.45) is 5.92 Å². The van der Waals surface area contributed by atoms with Crippen molar-refractivity contribution in [3.8, 4) is 11.5 Å². The van der Waals surface area contributed by atoms with E-state index < -0.39 is 6.04 Å². The molecule has 4 heterocycles. The minimum atomic E-state index is -0.401. The number of H-pyrrole nitrogens is 2. The highest BCUT2D eigenvalue weighted by Crippen LogP contribution is 2.30. The first-order chi connectivity index (χ1) is 23.1. The van der Waals surface area contributed by atoms with E-state index in [0.29, 0.717) is 25.9 Å². The minimum absolute atomic E-state index is 0.0407. The zero-order valence-electron chi connectivity index (χ0n) is 26.9. The number of nitrogens with one attached hydrogen (secondary N) is 4. The topological polar surface area (TPSA) is 122 Å². The molecule has 1 aliphatic heterocycles. The van der Waals surface area contributed by atoms with Crippen molar-refractivity contribution in [1.29, 1.82) is 0 Å². The van der Waals surface area contributed by atoms with E-state index in [0.717, 1.165) is 76.5 Å². The number of para-hydroxylation sites is 2. The molecule has 0 bridgehead atoms. The van der Waals surface area contributed by atoms with Crippen LogP contribution in [0.2, 0.25) is 0 Å². The molecule has 1 unspecified atom stereocenters. The first-order valence-electron chi connectivity index (χ1n) is 16.3. The summed E-state index contributed by atoms with van der Waals surface area (Å²) in [5, 5.41) is 18.7. The lowest BCUT2D eigenvalue weighted by atomic mass is 9.97. The number of fused-ring (bicyclic) bond motifs is 2. The number of rotatable bonds is 12. The number of carbonyl (C=O) groups excluding carboxylic acids is 1. The van der Waals surface area contributed by atoms with Gasteiger partial charge in [-0.25, -0.2) is 0 Å². The number of amides is 1. The molecule has 3 aromatic carbocycles. The van der Waals surface area contributed by atoms with Crippen molar-refractivity contribution in [3.63, 3.8) is 0 Å². The predicted molar refractivity (Wildman–Crippen MR) is 183 cm³/mol. The Bertz CT molecular complexity index is 1980. The van der Waals surface area contributed by atoms with Crippen molar-refractivity contribution in [2.75, 3.05) is 27.3 Å². The van der Waals surface area contributed by atoms with Gasteiger partial charge in [-0.2, -0.15) is 0 Å². The maximum Gasteiger partial charge on any atom is 0.224 e. The highest BCUT2D eigenvalue weighted by molar-refractivity contribution is 5.84. The van der Waals surface area contributed by atoms with Crippen LogP contribution in [0, 0.1) is 5.92 Å². The number of methoxy groups -OCH3 is 2. The standard InChI is InChI=1S/C37H41N7O3/c1-46-28-15-13-26(34(19-28)47-2)23-44-35(16-14-24-21-39-31-11-5-3-9-29(24)31)42-43-36(44)33(41-37(45)25-8-7-17-38-20-25)18-27-22-40-32-12-6-4-10-30(27)32/h3-6,9-13,15,19,21-22,25,33,38-40H,7-8,14,16-18,20,23H2,1-2H3,(H,41,45)/t25-,33?/m1/s1. The summed E-state index contributed by atoms with van der Waals surface area (Å²) in [6.45, 7) is 2.10. The summed E-state index contributed by atoms with van der Waals surface area (Å²) in [5.74, 6) is 2.96. The van der Waals surface area contributed by atoms with E-state index in [-0.39, 0.29) is 11.8 Å². The maximum atomic E-state index is 13.8. The van der Waals surface area contributed by atoms with Gasteiger partial charge in [0.05, 0.1) is 32.7 Å². The van der Waals surface area contributed by atoms with Gasteiger partial charge in [0.1, 0.15) is 17.3 Å². The number of hydrogen-bond donors (Lipinski definition) is 4. The Balaban J connectivity index is 1.27. The molecule has 47 heavy (non-hydrogen) atoms. The van der Waals surface area contributed by atoms with Crippen LogP contribution in [0.3, 0.4) is 0 Å². The molecule has 1 fully saturated rings. The smallest absolute Gasteiger partial charge is 0.224 e. The highest BCUT2D eigenvalue weighted by atomic mass is 16.5. The van der Waals surface area contributed by atoms with Gasteiger partial charge < -0.3 is 34.6 Å². The number of hydrogen-bond acceptors (Lipinski definition) is 6. The monoisotopic (exact) mass is 631 g/mol. The molecular weight excluding hydrogens is 590 g/mol. The molecule has 0 spiro atoms. The molecule has 4 N–H and O–H groups in total. The summed E-state index contributed by atoms with van der Waals surface area (Å²) in [6.07, 6.45) is 7.99. The molecule has 10 heteroatoms. The SMILES string of the molecule is COc1ccc(Cn2c(CCc3c[nH]c4ccccc34)nnc2C(Cc2c[nH]c3ccccc23)NC(=O)[C@@H]2CCCNC2)c(OC)c1. The predicted octanol–water partition coefficient (Wildman–Crippen LogP) is 5.49. The number of piperidine rings is 1. The van der Waals surface area contributed by atoms with Gasteiger partial charge in [-0.15, -0.1) is 10.2 Å². The van der Waals surface area contributed by atoms with E-state index in [1.54, 1.807) is 14.2 Å². The van der Waals surface area contributed by atoms with Crippen molar-refractivity contribution >= 4 is 27.7 Å². The fourth-order valence-electron chi connectivity index (χ4n) is 6.79. The van der Waals surface area contributed by atoms with Crippen molar-refractivity contribution in [3.05, 3.63) is 107 Å². The molecule has 0 radical (unpaired) electrons. The lowest BCUT2D eigenvalue weighted by molar-refractivity contribution is -0.126. The Morgan fingerprint density at radius 3 is 2.38 bits per heavy atom. The molecule has 1 aliphatic rings. The third-order valence-corrected chi connectivity index (χ3v) is 9.37. The lowest BCUT2D eigenvalue weighted by Gasteiger charge is -2.26. The second-order valence-electron chi connectivity index (χ2n) is 12.3. The second-order valence-corrected chi connectivity index (χ2v) is 12.3. The van der Waals surface area contributed by atoms with Gasteiger partial charge in [0.15, 0.2) is 5.82 Å². The molecule has 10 nitrogen and oxygen atoms in total. The van der Waals surface area contributed by atoms with Crippen molar-refractivity contribution in [2.45, 2.75) is 44.7 Å². The van der Waals surface area contributed by atoms with Crippen LogP contribution < -0.4 is 20.1 Å².